The fourth-order valence-corrected chi connectivity index (χ4v) is 6.45. The summed E-state index contributed by atoms with van der Waals surface area (Å²) >= 11 is 1.36. The SMILES string of the molecule is CCN(c1ccc2sc(C(=O)Nc3ccc(Oc4ccccc4)cc3)cc2c1)S(=O)(=O)c1ccc(C)cc1. The van der Waals surface area contributed by atoms with Crippen molar-refractivity contribution in [1.82, 2.24) is 0 Å². The van der Waals surface area contributed by atoms with E-state index >= 15 is 0 Å². The van der Waals surface area contributed by atoms with Gasteiger partial charge in [0.25, 0.3) is 15.9 Å². The van der Waals surface area contributed by atoms with Crippen molar-refractivity contribution in [2.75, 3.05) is 16.2 Å². The lowest BCUT2D eigenvalue weighted by molar-refractivity contribution is 0.103. The Labute approximate surface area is 226 Å². The molecule has 1 aromatic heterocycles. The Bertz CT molecular complexity index is 1680. The van der Waals surface area contributed by atoms with Gasteiger partial charge < -0.3 is 10.1 Å². The van der Waals surface area contributed by atoms with Gasteiger partial charge in [-0.1, -0.05) is 35.9 Å². The summed E-state index contributed by atoms with van der Waals surface area (Å²) in [7, 11) is -3.72. The minimum Gasteiger partial charge on any atom is -0.457 e. The fourth-order valence-electron chi connectivity index (χ4n) is 4.05. The lowest BCUT2D eigenvalue weighted by Gasteiger charge is -2.23. The number of aryl methyl sites for hydroxylation is 1. The van der Waals surface area contributed by atoms with E-state index in [0.29, 0.717) is 22.0 Å². The van der Waals surface area contributed by atoms with Crippen molar-refractivity contribution in [3.63, 3.8) is 0 Å². The lowest BCUT2D eigenvalue weighted by atomic mass is 10.2. The molecule has 5 aromatic rings. The lowest BCUT2D eigenvalue weighted by Crippen LogP contribution is -2.30. The summed E-state index contributed by atoms with van der Waals surface area (Å²) in [5.74, 6) is 1.18. The molecular formula is C30H26N2O4S2. The van der Waals surface area contributed by atoms with Gasteiger partial charge in [-0.3, -0.25) is 9.10 Å². The molecule has 0 saturated heterocycles. The largest absolute Gasteiger partial charge is 0.457 e. The highest BCUT2D eigenvalue weighted by atomic mass is 32.2. The topological polar surface area (TPSA) is 75.7 Å². The molecule has 0 aliphatic carbocycles. The number of ether oxygens (including phenoxy) is 1. The molecule has 8 heteroatoms. The first-order valence-corrected chi connectivity index (χ1v) is 14.4. The van der Waals surface area contributed by atoms with Crippen LogP contribution in [0.3, 0.4) is 0 Å². The monoisotopic (exact) mass is 542 g/mol. The van der Waals surface area contributed by atoms with Gasteiger partial charge >= 0.3 is 0 Å². The van der Waals surface area contributed by atoms with Gasteiger partial charge in [-0.05, 0) is 92.0 Å². The predicted molar refractivity (Wildman–Crippen MR) is 154 cm³/mol. The molecular weight excluding hydrogens is 516 g/mol. The van der Waals surface area contributed by atoms with Crippen molar-refractivity contribution >= 4 is 48.7 Å². The molecule has 6 nitrogen and oxygen atoms in total. The molecule has 0 spiro atoms. The van der Waals surface area contributed by atoms with E-state index in [-0.39, 0.29) is 17.3 Å². The van der Waals surface area contributed by atoms with Gasteiger partial charge in [0.2, 0.25) is 0 Å². The smallest absolute Gasteiger partial charge is 0.265 e. The van der Waals surface area contributed by atoms with Gasteiger partial charge in [-0.15, -0.1) is 11.3 Å². The zero-order chi connectivity index (χ0) is 26.7. The van der Waals surface area contributed by atoms with Crippen LogP contribution < -0.4 is 14.4 Å². The third kappa shape index (κ3) is 5.41. The molecule has 4 aromatic carbocycles. The number of fused-ring (bicyclic) bond motifs is 1. The molecule has 1 amide bonds. The molecule has 0 fully saturated rings. The molecule has 0 radical (unpaired) electrons. The summed E-state index contributed by atoms with van der Waals surface area (Å²) in [5.41, 5.74) is 2.20. The van der Waals surface area contributed by atoms with E-state index in [2.05, 4.69) is 5.32 Å². The Balaban J connectivity index is 1.33. The van der Waals surface area contributed by atoms with E-state index in [0.717, 1.165) is 21.4 Å². The second kappa shape index (κ2) is 10.7. The number of carbonyl (C=O) groups is 1. The standard InChI is InChI=1S/C30H26N2O4S2/c1-3-32(38(34,35)27-16-9-21(2)10-17-27)24-13-18-28-22(19-24)20-29(37-28)30(33)31-23-11-14-26(15-12-23)36-25-7-5-4-6-8-25/h4-20H,3H2,1-2H3,(H,31,33). The molecule has 38 heavy (non-hydrogen) atoms. The summed E-state index contributed by atoms with van der Waals surface area (Å²) in [4.78, 5) is 13.7. The number of rotatable bonds is 8. The Kier molecular flexibility index (Phi) is 7.18. The molecule has 0 aliphatic rings. The van der Waals surface area contributed by atoms with Gasteiger partial charge in [0.1, 0.15) is 11.5 Å². The Morgan fingerprint density at radius 1 is 0.868 bits per heavy atom. The summed E-state index contributed by atoms with van der Waals surface area (Å²) in [5, 5.41) is 3.73. The first-order chi connectivity index (χ1) is 18.3. The molecule has 0 atom stereocenters. The molecule has 192 valence electrons. The number of sulfonamides is 1. The van der Waals surface area contributed by atoms with Crippen molar-refractivity contribution in [2.45, 2.75) is 18.7 Å². The van der Waals surface area contributed by atoms with Crippen LogP contribution in [-0.2, 0) is 10.0 Å². The highest BCUT2D eigenvalue weighted by molar-refractivity contribution is 7.92. The second-order valence-corrected chi connectivity index (χ2v) is 11.7. The minimum absolute atomic E-state index is 0.232. The van der Waals surface area contributed by atoms with Crippen LogP contribution in [0.1, 0.15) is 22.2 Å². The van der Waals surface area contributed by atoms with Crippen molar-refractivity contribution in [3.05, 3.63) is 114 Å². The summed E-state index contributed by atoms with van der Waals surface area (Å²) < 4.78 is 34.7. The van der Waals surface area contributed by atoms with Gasteiger partial charge in [-0.25, -0.2) is 8.42 Å². The number of thiophene rings is 1. The maximum absolute atomic E-state index is 13.3. The van der Waals surface area contributed by atoms with Crippen LogP contribution >= 0.6 is 11.3 Å². The van der Waals surface area contributed by atoms with Crippen LogP contribution in [0.2, 0.25) is 0 Å². The number of nitrogens with zero attached hydrogens (tertiary/aromatic N) is 1. The number of nitrogens with one attached hydrogen (secondary N) is 1. The zero-order valence-corrected chi connectivity index (χ0v) is 22.6. The number of amides is 1. The number of carbonyl (C=O) groups excluding carboxylic acids is 1. The quantitative estimate of drug-likeness (QED) is 0.221. The maximum atomic E-state index is 13.3. The van der Waals surface area contributed by atoms with E-state index in [1.807, 2.05) is 49.4 Å². The van der Waals surface area contributed by atoms with Gasteiger partial charge in [0.05, 0.1) is 15.5 Å². The first kappa shape index (κ1) is 25.5. The first-order valence-electron chi connectivity index (χ1n) is 12.1. The molecule has 1 N–H and O–H groups in total. The number of hydrogen-bond donors (Lipinski definition) is 1. The van der Waals surface area contributed by atoms with Crippen LogP contribution in [0.25, 0.3) is 10.1 Å². The van der Waals surface area contributed by atoms with Crippen molar-refractivity contribution in [3.8, 4) is 11.5 Å². The van der Waals surface area contributed by atoms with E-state index < -0.39 is 10.0 Å². The van der Waals surface area contributed by atoms with Gasteiger partial charge in [0, 0.05) is 16.9 Å². The van der Waals surface area contributed by atoms with E-state index in [4.69, 9.17) is 4.74 Å². The highest BCUT2D eigenvalue weighted by Gasteiger charge is 2.24. The molecule has 0 saturated carbocycles. The fraction of sp³-hybridized carbons (Fsp3) is 0.100. The Morgan fingerprint density at radius 2 is 1.55 bits per heavy atom. The molecule has 5 rings (SSSR count). The van der Waals surface area contributed by atoms with Crippen LogP contribution in [0.15, 0.2) is 108 Å². The average Bonchev–Trinajstić information content (AvgIpc) is 3.35. The van der Waals surface area contributed by atoms with E-state index in [9.17, 15) is 13.2 Å². The number of para-hydroxylation sites is 1. The number of hydrogen-bond acceptors (Lipinski definition) is 5. The third-order valence-electron chi connectivity index (χ3n) is 6.00. The minimum atomic E-state index is -3.72. The highest BCUT2D eigenvalue weighted by Crippen LogP contribution is 2.32. The van der Waals surface area contributed by atoms with Crippen molar-refractivity contribution in [1.29, 1.82) is 0 Å². The normalized spacial score (nSPS) is 11.3. The average molecular weight is 543 g/mol. The predicted octanol–water partition coefficient (Wildman–Crippen LogP) is 7.47. The van der Waals surface area contributed by atoms with Crippen molar-refractivity contribution < 1.29 is 17.9 Å². The van der Waals surface area contributed by atoms with E-state index in [1.54, 1.807) is 67.6 Å². The van der Waals surface area contributed by atoms with Crippen LogP contribution in [0.4, 0.5) is 11.4 Å². The van der Waals surface area contributed by atoms with Crippen LogP contribution in [-0.4, -0.2) is 20.9 Å². The Morgan fingerprint density at radius 3 is 2.24 bits per heavy atom. The molecule has 0 bridgehead atoms. The maximum Gasteiger partial charge on any atom is 0.265 e. The Hall–Kier alpha value is -4.14. The molecule has 1 heterocycles. The third-order valence-corrected chi connectivity index (χ3v) is 9.03. The molecule has 0 unspecified atom stereocenters. The van der Waals surface area contributed by atoms with Crippen molar-refractivity contribution in [2.24, 2.45) is 0 Å². The summed E-state index contributed by atoms with van der Waals surface area (Å²) in [6.07, 6.45) is 0. The summed E-state index contributed by atoms with van der Waals surface area (Å²) in [6, 6.07) is 30.7. The van der Waals surface area contributed by atoms with E-state index in [1.165, 1.54) is 15.6 Å². The number of anilines is 2. The van der Waals surface area contributed by atoms with Crippen LogP contribution in [0, 0.1) is 6.92 Å². The summed E-state index contributed by atoms with van der Waals surface area (Å²) in [6.45, 7) is 4.00. The number of benzene rings is 4. The van der Waals surface area contributed by atoms with Gasteiger partial charge in [0.15, 0.2) is 0 Å². The second-order valence-electron chi connectivity index (χ2n) is 8.71. The zero-order valence-electron chi connectivity index (χ0n) is 20.9. The molecule has 0 aliphatic heterocycles. The van der Waals surface area contributed by atoms with Gasteiger partial charge in [-0.2, -0.15) is 0 Å². The van der Waals surface area contributed by atoms with Crippen LogP contribution in [0.5, 0.6) is 11.5 Å².